The highest BCUT2D eigenvalue weighted by molar-refractivity contribution is 6.34. The van der Waals surface area contributed by atoms with E-state index in [1.165, 1.54) is 5.69 Å². The van der Waals surface area contributed by atoms with Gasteiger partial charge in [-0.3, -0.25) is 9.59 Å². The van der Waals surface area contributed by atoms with E-state index in [9.17, 15) is 14.4 Å². The average Bonchev–Trinajstić information content (AvgIpc) is 3.35. The van der Waals surface area contributed by atoms with Gasteiger partial charge in [0.15, 0.2) is 5.78 Å². The van der Waals surface area contributed by atoms with Crippen LogP contribution in [0.25, 0.3) is 5.57 Å². The molecule has 1 saturated heterocycles. The molecule has 2 aliphatic rings. The molecule has 0 bridgehead atoms. The lowest BCUT2D eigenvalue weighted by molar-refractivity contribution is -0.110. The average molecular weight is 607 g/mol. The van der Waals surface area contributed by atoms with Gasteiger partial charge in [-0.25, -0.2) is 4.79 Å². The van der Waals surface area contributed by atoms with E-state index in [-0.39, 0.29) is 11.7 Å². The number of fused-ring (bicyclic) bond motifs is 1. The molecule has 4 aromatic carbocycles. The minimum Gasteiger partial charge on any atom is -0.369 e. The first-order valence-corrected chi connectivity index (χ1v) is 14.7. The SMILES string of the molecule is CN1CCN(c2ccc(N/C=C3/C(=O)Nc4cc(C(=O)c5cccc(NC(=O)Nc6ccccc6Cl)c5)ccc43)cc2)CC1. The zero-order chi connectivity index (χ0) is 30.6. The van der Waals surface area contributed by atoms with E-state index >= 15 is 0 Å². The molecule has 0 aromatic heterocycles. The van der Waals surface area contributed by atoms with Crippen molar-refractivity contribution >= 4 is 63.3 Å². The molecule has 1 fully saturated rings. The molecule has 4 N–H and O–H groups in total. The Hall–Kier alpha value is -5.12. The summed E-state index contributed by atoms with van der Waals surface area (Å²) in [6, 6.07) is 26.4. The fourth-order valence-electron chi connectivity index (χ4n) is 5.22. The summed E-state index contributed by atoms with van der Waals surface area (Å²) >= 11 is 6.12. The van der Waals surface area contributed by atoms with Gasteiger partial charge in [-0.2, -0.15) is 0 Å². The van der Waals surface area contributed by atoms with Crippen LogP contribution in [0.4, 0.5) is 33.2 Å². The molecule has 222 valence electrons. The van der Waals surface area contributed by atoms with E-state index in [1.54, 1.807) is 72.9 Å². The van der Waals surface area contributed by atoms with Gasteiger partial charge in [-0.15, -0.1) is 0 Å². The number of piperazine rings is 1. The van der Waals surface area contributed by atoms with Crippen LogP contribution in [0, 0.1) is 0 Å². The normalized spacial score (nSPS) is 15.5. The van der Waals surface area contributed by atoms with E-state index < -0.39 is 6.03 Å². The molecule has 44 heavy (non-hydrogen) atoms. The number of para-hydroxylation sites is 1. The van der Waals surface area contributed by atoms with Crippen LogP contribution in [0.3, 0.4) is 0 Å². The van der Waals surface area contributed by atoms with Crippen LogP contribution in [0.2, 0.25) is 5.02 Å². The van der Waals surface area contributed by atoms with Gasteiger partial charge in [0.2, 0.25) is 0 Å². The second-order valence-electron chi connectivity index (χ2n) is 10.7. The fraction of sp³-hybridized carbons (Fsp3) is 0.147. The summed E-state index contributed by atoms with van der Waals surface area (Å²) in [5.41, 5.74) is 5.53. The largest absolute Gasteiger partial charge is 0.369 e. The summed E-state index contributed by atoms with van der Waals surface area (Å²) in [5.74, 6) is -0.491. The third-order valence-electron chi connectivity index (χ3n) is 7.69. The molecule has 10 heteroatoms. The third kappa shape index (κ3) is 6.44. The lowest BCUT2D eigenvalue weighted by Gasteiger charge is -2.34. The number of carbonyl (C=O) groups excluding carboxylic acids is 3. The minimum absolute atomic E-state index is 0.242. The van der Waals surface area contributed by atoms with Crippen molar-refractivity contribution in [1.82, 2.24) is 4.90 Å². The Balaban J connectivity index is 1.12. The fourth-order valence-corrected chi connectivity index (χ4v) is 5.40. The Labute approximate surface area is 260 Å². The van der Waals surface area contributed by atoms with Gasteiger partial charge in [0, 0.05) is 71.8 Å². The maximum absolute atomic E-state index is 13.4. The highest BCUT2D eigenvalue weighted by Gasteiger charge is 2.25. The van der Waals surface area contributed by atoms with E-state index in [0.717, 1.165) is 31.9 Å². The Morgan fingerprint density at radius 3 is 2.34 bits per heavy atom. The molecule has 0 unspecified atom stereocenters. The molecule has 9 nitrogen and oxygen atoms in total. The first kappa shape index (κ1) is 29.0. The number of hydrogen-bond donors (Lipinski definition) is 4. The molecule has 3 amide bonds. The molecule has 0 aliphatic carbocycles. The molecule has 0 saturated carbocycles. The number of anilines is 5. The highest BCUT2D eigenvalue weighted by atomic mass is 35.5. The molecule has 0 atom stereocenters. The van der Waals surface area contributed by atoms with Crippen LogP contribution in [0.15, 0.2) is 97.2 Å². The monoisotopic (exact) mass is 606 g/mol. The number of halogens is 1. The van der Waals surface area contributed by atoms with Gasteiger partial charge in [-0.05, 0) is 61.6 Å². The Kier molecular flexibility index (Phi) is 8.31. The highest BCUT2D eigenvalue weighted by Crippen LogP contribution is 2.33. The van der Waals surface area contributed by atoms with Crippen LogP contribution in [-0.2, 0) is 4.79 Å². The minimum atomic E-state index is -0.484. The number of nitrogens with one attached hydrogen (secondary N) is 4. The molecular formula is C34H31ClN6O3. The van der Waals surface area contributed by atoms with E-state index in [4.69, 9.17) is 11.6 Å². The smallest absolute Gasteiger partial charge is 0.323 e. The predicted molar refractivity (Wildman–Crippen MR) is 177 cm³/mol. The van der Waals surface area contributed by atoms with Crippen molar-refractivity contribution in [1.29, 1.82) is 0 Å². The third-order valence-corrected chi connectivity index (χ3v) is 8.02. The maximum Gasteiger partial charge on any atom is 0.323 e. The molecule has 4 aromatic rings. The number of carbonyl (C=O) groups is 3. The summed E-state index contributed by atoms with van der Waals surface area (Å²) in [5, 5.41) is 11.9. The van der Waals surface area contributed by atoms with Gasteiger partial charge < -0.3 is 31.1 Å². The quantitative estimate of drug-likeness (QED) is 0.144. The summed E-state index contributed by atoms with van der Waals surface area (Å²) in [7, 11) is 2.14. The van der Waals surface area contributed by atoms with Crippen molar-refractivity contribution < 1.29 is 14.4 Å². The Bertz CT molecular complexity index is 1760. The van der Waals surface area contributed by atoms with Crippen LogP contribution >= 0.6 is 11.6 Å². The maximum atomic E-state index is 13.4. The summed E-state index contributed by atoms with van der Waals surface area (Å²) < 4.78 is 0. The first-order chi connectivity index (χ1) is 21.3. The van der Waals surface area contributed by atoms with Gasteiger partial charge >= 0.3 is 6.03 Å². The van der Waals surface area contributed by atoms with E-state index in [1.807, 2.05) is 12.1 Å². The molecule has 0 spiro atoms. The number of urea groups is 1. The van der Waals surface area contributed by atoms with Crippen molar-refractivity contribution in [2.75, 3.05) is 59.4 Å². The molecule has 0 radical (unpaired) electrons. The molecule has 6 rings (SSSR count). The number of hydrogen-bond acceptors (Lipinski definition) is 6. The number of likely N-dealkylation sites (N-methyl/N-ethyl adjacent to an activating group) is 1. The van der Waals surface area contributed by atoms with Crippen molar-refractivity contribution in [2.45, 2.75) is 0 Å². The number of nitrogens with zero attached hydrogens (tertiary/aromatic N) is 2. The van der Waals surface area contributed by atoms with Crippen molar-refractivity contribution in [3.05, 3.63) is 119 Å². The van der Waals surface area contributed by atoms with Crippen molar-refractivity contribution in [3.63, 3.8) is 0 Å². The van der Waals surface area contributed by atoms with Crippen LogP contribution in [-0.4, -0.2) is 55.8 Å². The zero-order valence-corrected chi connectivity index (χ0v) is 24.8. The number of ketones is 1. The lowest BCUT2D eigenvalue weighted by Crippen LogP contribution is -2.44. The second-order valence-corrected chi connectivity index (χ2v) is 11.1. The van der Waals surface area contributed by atoms with E-state index in [0.29, 0.717) is 44.3 Å². The summed E-state index contributed by atoms with van der Waals surface area (Å²) in [6.07, 6.45) is 1.69. The van der Waals surface area contributed by atoms with Gasteiger partial charge in [0.05, 0.1) is 16.3 Å². The van der Waals surface area contributed by atoms with Gasteiger partial charge in [0.1, 0.15) is 0 Å². The van der Waals surface area contributed by atoms with Crippen LogP contribution in [0.5, 0.6) is 0 Å². The Morgan fingerprint density at radius 1 is 0.818 bits per heavy atom. The molecular weight excluding hydrogens is 576 g/mol. The molecule has 2 heterocycles. The summed E-state index contributed by atoms with van der Waals surface area (Å²) in [4.78, 5) is 43.4. The second kappa shape index (κ2) is 12.6. The topological polar surface area (TPSA) is 106 Å². The predicted octanol–water partition coefficient (Wildman–Crippen LogP) is 6.37. The molecule has 2 aliphatic heterocycles. The Morgan fingerprint density at radius 2 is 1.57 bits per heavy atom. The number of rotatable bonds is 7. The van der Waals surface area contributed by atoms with Crippen molar-refractivity contribution in [2.24, 2.45) is 0 Å². The van der Waals surface area contributed by atoms with E-state index in [2.05, 4.69) is 50.2 Å². The standard InChI is InChI=1S/C34H31ClN6O3/c1-40-15-17-41(18-16-40)26-12-10-24(11-13-26)36-21-28-27-14-9-23(20-31(27)38-33(28)43)32(42)22-5-4-6-25(19-22)37-34(44)39-30-8-3-2-7-29(30)35/h2-14,19-21,36H,15-18H2,1H3,(H,38,43)(H2,37,39,44)/b28-21+. The zero-order valence-electron chi connectivity index (χ0n) is 24.1. The first-order valence-electron chi connectivity index (χ1n) is 14.3. The van der Waals surface area contributed by atoms with Crippen LogP contribution in [0.1, 0.15) is 21.5 Å². The van der Waals surface area contributed by atoms with Gasteiger partial charge in [-0.1, -0.05) is 48.0 Å². The lowest BCUT2D eigenvalue weighted by atomic mass is 9.99. The summed E-state index contributed by atoms with van der Waals surface area (Å²) in [6.45, 7) is 4.08. The van der Waals surface area contributed by atoms with Crippen molar-refractivity contribution in [3.8, 4) is 0 Å². The number of amides is 3. The number of benzene rings is 4. The van der Waals surface area contributed by atoms with Crippen LogP contribution < -0.4 is 26.2 Å². The van der Waals surface area contributed by atoms with Gasteiger partial charge in [0.25, 0.3) is 5.91 Å².